The Morgan fingerprint density at radius 1 is 1.33 bits per heavy atom. The molecule has 0 fully saturated rings. The van der Waals surface area contributed by atoms with E-state index >= 15 is 0 Å². The zero-order valence-corrected chi connectivity index (χ0v) is 13.0. The number of nitrogens with zero attached hydrogens (tertiary/aromatic N) is 1. The summed E-state index contributed by atoms with van der Waals surface area (Å²) in [5, 5.41) is 14.4. The molecule has 21 heavy (non-hydrogen) atoms. The van der Waals surface area contributed by atoms with Crippen molar-refractivity contribution in [1.29, 1.82) is 0 Å². The Morgan fingerprint density at radius 2 is 2.00 bits per heavy atom. The lowest BCUT2D eigenvalue weighted by Gasteiger charge is -2.27. The third kappa shape index (κ3) is 4.60. The Balaban J connectivity index is 2.98. The molecule has 0 unspecified atom stereocenters. The van der Waals surface area contributed by atoms with Gasteiger partial charge in [-0.3, -0.25) is 10.1 Å². The van der Waals surface area contributed by atoms with Crippen LogP contribution in [0, 0.1) is 10.1 Å². The molecule has 6 heteroatoms. The summed E-state index contributed by atoms with van der Waals surface area (Å²) >= 11 is 0. The van der Waals surface area contributed by atoms with E-state index in [0.29, 0.717) is 24.6 Å². The molecule has 0 spiro atoms. The molecule has 1 aromatic rings. The summed E-state index contributed by atoms with van der Waals surface area (Å²) in [5.41, 5.74) is 6.28. The Hall–Kier alpha value is -1.82. The van der Waals surface area contributed by atoms with E-state index in [1.54, 1.807) is 18.2 Å². The second-order valence-electron chi connectivity index (χ2n) is 5.18. The molecule has 0 radical (unpaired) electrons. The number of ether oxygens (including phenoxy) is 1. The normalized spacial score (nSPS) is 11.2. The van der Waals surface area contributed by atoms with Crippen molar-refractivity contribution in [2.24, 2.45) is 5.73 Å². The minimum absolute atomic E-state index is 0.0273. The number of rotatable bonds is 9. The molecule has 0 saturated carbocycles. The highest BCUT2D eigenvalue weighted by molar-refractivity contribution is 5.68. The van der Waals surface area contributed by atoms with Gasteiger partial charge in [0.25, 0.3) is 0 Å². The van der Waals surface area contributed by atoms with Crippen LogP contribution in [0.1, 0.15) is 40.0 Å². The number of nitrogens with one attached hydrogen (secondary N) is 1. The van der Waals surface area contributed by atoms with E-state index in [9.17, 15) is 10.1 Å². The largest absolute Gasteiger partial charge is 0.487 e. The first kappa shape index (κ1) is 17.2. The maximum Gasteiger partial charge on any atom is 0.333 e. The predicted molar refractivity (Wildman–Crippen MR) is 84.9 cm³/mol. The number of nitrogens with two attached hydrogens (primary N) is 1. The van der Waals surface area contributed by atoms with Gasteiger partial charge in [-0.05, 0) is 31.4 Å². The molecule has 0 heterocycles. The fourth-order valence-corrected chi connectivity index (χ4v) is 1.95. The van der Waals surface area contributed by atoms with Gasteiger partial charge in [0.05, 0.1) is 11.5 Å². The molecular weight excluding hydrogens is 270 g/mol. The molecule has 3 N–H and O–H groups in total. The van der Waals surface area contributed by atoms with Gasteiger partial charge in [0.2, 0.25) is 0 Å². The van der Waals surface area contributed by atoms with Crippen LogP contribution in [0.2, 0.25) is 0 Å². The van der Waals surface area contributed by atoms with Crippen molar-refractivity contribution in [3.8, 4) is 5.75 Å². The first-order chi connectivity index (χ1) is 9.97. The van der Waals surface area contributed by atoms with Crippen molar-refractivity contribution in [3.63, 3.8) is 0 Å². The summed E-state index contributed by atoms with van der Waals surface area (Å²) in [6, 6.07) is 5.05. The second kappa shape index (κ2) is 7.83. The number of nitro groups is 1. The van der Waals surface area contributed by atoms with E-state index in [0.717, 1.165) is 19.3 Å². The molecule has 0 amide bonds. The van der Waals surface area contributed by atoms with E-state index in [1.807, 2.05) is 20.8 Å². The lowest BCUT2D eigenvalue weighted by atomic mass is 9.94. The lowest BCUT2D eigenvalue weighted by molar-refractivity contribution is -0.385. The number of hydrogen-bond donors (Lipinski definition) is 2. The average Bonchev–Trinajstić information content (AvgIpc) is 2.50. The molecule has 0 aliphatic carbocycles. The first-order valence-electron chi connectivity index (χ1n) is 7.40. The SMILES string of the molecule is CCCOc1cccc(NCC(N)(CC)CC)c1[N+](=O)[O-]. The van der Waals surface area contributed by atoms with Crippen molar-refractivity contribution in [1.82, 2.24) is 0 Å². The quantitative estimate of drug-likeness (QED) is 0.538. The fraction of sp³-hybridized carbons (Fsp3) is 0.600. The van der Waals surface area contributed by atoms with Gasteiger partial charge in [0, 0.05) is 12.1 Å². The van der Waals surface area contributed by atoms with Gasteiger partial charge in [0.1, 0.15) is 5.69 Å². The summed E-state index contributed by atoms with van der Waals surface area (Å²) in [4.78, 5) is 10.9. The molecule has 1 rings (SSSR count). The van der Waals surface area contributed by atoms with Gasteiger partial charge in [-0.2, -0.15) is 0 Å². The summed E-state index contributed by atoms with van der Waals surface area (Å²) in [5.74, 6) is 0.294. The van der Waals surface area contributed by atoms with Gasteiger partial charge >= 0.3 is 5.69 Å². The van der Waals surface area contributed by atoms with Gasteiger partial charge < -0.3 is 15.8 Å². The minimum Gasteiger partial charge on any atom is -0.487 e. The van der Waals surface area contributed by atoms with Crippen LogP contribution in [0.3, 0.4) is 0 Å². The molecule has 0 aromatic heterocycles. The highest BCUT2D eigenvalue weighted by Gasteiger charge is 2.24. The standard InChI is InChI=1S/C15H25N3O3/c1-4-10-21-13-9-7-8-12(14(13)18(19)20)17-11-15(16,5-2)6-3/h7-9,17H,4-6,10-11,16H2,1-3H3. The van der Waals surface area contributed by atoms with Crippen molar-refractivity contribution >= 4 is 11.4 Å². The topological polar surface area (TPSA) is 90.4 Å². The van der Waals surface area contributed by atoms with E-state index in [2.05, 4.69) is 5.32 Å². The molecule has 118 valence electrons. The molecule has 1 aromatic carbocycles. The van der Waals surface area contributed by atoms with E-state index < -0.39 is 4.92 Å². The maximum atomic E-state index is 11.3. The molecule has 0 atom stereocenters. The zero-order chi connectivity index (χ0) is 15.9. The van der Waals surface area contributed by atoms with Gasteiger partial charge in [0.15, 0.2) is 5.75 Å². The van der Waals surface area contributed by atoms with E-state index in [4.69, 9.17) is 10.5 Å². The van der Waals surface area contributed by atoms with Crippen LogP contribution in [0.5, 0.6) is 5.75 Å². The first-order valence-corrected chi connectivity index (χ1v) is 7.40. The average molecular weight is 295 g/mol. The number of anilines is 1. The minimum atomic E-state index is -0.413. The number of benzene rings is 1. The summed E-state index contributed by atoms with van der Waals surface area (Å²) < 4.78 is 5.46. The van der Waals surface area contributed by atoms with Gasteiger partial charge in [-0.1, -0.05) is 26.8 Å². The summed E-state index contributed by atoms with van der Waals surface area (Å²) in [6.07, 6.45) is 2.40. The fourth-order valence-electron chi connectivity index (χ4n) is 1.95. The van der Waals surface area contributed by atoms with Crippen molar-refractivity contribution in [3.05, 3.63) is 28.3 Å². The Bertz CT molecular complexity index is 473. The van der Waals surface area contributed by atoms with Crippen LogP contribution in [-0.4, -0.2) is 23.6 Å². The van der Waals surface area contributed by atoms with Crippen LogP contribution in [0.25, 0.3) is 0 Å². The Labute approximate surface area is 125 Å². The van der Waals surface area contributed by atoms with Gasteiger partial charge in [-0.15, -0.1) is 0 Å². The second-order valence-corrected chi connectivity index (χ2v) is 5.18. The molecule has 0 aliphatic rings. The predicted octanol–water partition coefficient (Wildman–Crippen LogP) is 3.31. The molecule has 0 aliphatic heterocycles. The lowest BCUT2D eigenvalue weighted by Crippen LogP contribution is -2.45. The van der Waals surface area contributed by atoms with Crippen LogP contribution in [0.4, 0.5) is 11.4 Å². The van der Waals surface area contributed by atoms with Crippen LogP contribution in [0.15, 0.2) is 18.2 Å². The highest BCUT2D eigenvalue weighted by atomic mass is 16.6. The summed E-state index contributed by atoms with van der Waals surface area (Å²) in [6.45, 7) is 6.92. The molecule has 0 saturated heterocycles. The van der Waals surface area contributed by atoms with Crippen molar-refractivity contribution in [2.45, 2.75) is 45.6 Å². The zero-order valence-electron chi connectivity index (χ0n) is 13.0. The monoisotopic (exact) mass is 295 g/mol. The third-order valence-corrected chi connectivity index (χ3v) is 3.68. The van der Waals surface area contributed by atoms with Crippen molar-refractivity contribution < 1.29 is 9.66 Å². The van der Waals surface area contributed by atoms with Crippen LogP contribution >= 0.6 is 0 Å². The third-order valence-electron chi connectivity index (χ3n) is 3.68. The number of nitro benzene ring substituents is 1. The van der Waals surface area contributed by atoms with Gasteiger partial charge in [-0.25, -0.2) is 0 Å². The number of hydrogen-bond acceptors (Lipinski definition) is 5. The van der Waals surface area contributed by atoms with E-state index in [1.165, 1.54) is 0 Å². The van der Waals surface area contributed by atoms with E-state index in [-0.39, 0.29) is 11.2 Å². The smallest absolute Gasteiger partial charge is 0.333 e. The highest BCUT2D eigenvalue weighted by Crippen LogP contribution is 2.35. The molecule has 0 bridgehead atoms. The number of para-hydroxylation sites is 1. The Kier molecular flexibility index (Phi) is 6.42. The molecular formula is C15H25N3O3. The van der Waals surface area contributed by atoms with Crippen LogP contribution < -0.4 is 15.8 Å². The summed E-state index contributed by atoms with van der Waals surface area (Å²) in [7, 11) is 0. The van der Waals surface area contributed by atoms with Crippen molar-refractivity contribution in [2.75, 3.05) is 18.5 Å². The molecule has 6 nitrogen and oxygen atoms in total. The Morgan fingerprint density at radius 3 is 2.52 bits per heavy atom. The van der Waals surface area contributed by atoms with Crippen LogP contribution in [-0.2, 0) is 0 Å². The maximum absolute atomic E-state index is 11.3.